The molecule has 0 aliphatic rings. The lowest BCUT2D eigenvalue weighted by atomic mass is 9.93. The molecule has 19 heavy (non-hydrogen) atoms. The second-order valence-corrected chi connectivity index (χ2v) is 4.03. The molecule has 0 bridgehead atoms. The third-order valence-electron chi connectivity index (χ3n) is 2.75. The maximum Gasteiger partial charge on any atom is 0.131 e. The SMILES string of the molecule is COc1cc(OC)c(C(C#N)CC(C)=O)c(OC)c1. The van der Waals surface area contributed by atoms with Gasteiger partial charge in [0.1, 0.15) is 23.0 Å². The van der Waals surface area contributed by atoms with Gasteiger partial charge < -0.3 is 14.2 Å². The van der Waals surface area contributed by atoms with Crippen molar-refractivity contribution in [3.63, 3.8) is 0 Å². The predicted molar refractivity (Wildman–Crippen MR) is 69.8 cm³/mol. The minimum Gasteiger partial charge on any atom is -0.496 e. The highest BCUT2D eigenvalue weighted by molar-refractivity contribution is 5.77. The first-order valence-corrected chi connectivity index (χ1v) is 5.76. The molecule has 0 N–H and O–H groups in total. The Hall–Kier alpha value is -2.22. The number of nitriles is 1. The number of carbonyl (C=O) groups excluding carboxylic acids is 1. The average molecular weight is 263 g/mol. The van der Waals surface area contributed by atoms with E-state index >= 15 is 0 Å². The van der Waals surface area contributed by atoms with E-state index in [9.17, 15) is 10.1 Å². The van der Waals surface area contributed by atoms with Crippen molar-refractivity contribution in [1.82, 2.24) is 0 Å². The summed E-state index contributed by atoms with van der Waals surface area (Å²) in [5, 5.41) is 9.25. The summed E-state index contributed by atoms with van der Waals surface area (Å²) in [5.41, 5.74) is 0.573. The highest BCUT2D eigenvalue weighted by Crippen LogP contribution is 2.40. The number of carbonyl (C=O) groups is 1. The van der Waals surface area contributed by atoms with Gasteiger partial charge in [0.05, 0.1) is 38.9 Å². The second kappa shape index (κ2) is 6.64. The van der Waals surface area contributed by atoms with Gasteiger partial charge in [-0.1, -0.05) is 0 Å². The Labute approximate surface area is 112 Å². The quantitative estimate of drug-likeness (QED) is 0.787. The molecule has 102 valence electrons. The summed E-state index contributed by atoms with van der Waals surface area (Å²) in [5.74, 6) is 0.852. The van der Waals surface area contributed by atoms with E-state index in [2.05, 4.69) is 6.07 Å². The van der Waals surface area contributed by atoms with Crippen LogP contribution in [-0.2, 0) is 4.79 Å². The zero-order valence-electron chi connectivity index (χ0n) is 11.5. The van der Waals surface area contributed by atoms with Crippen LogP contribution in [-0.4, -0.2) is 27.1 Å². The van der Waals surface area contributed by atoms with E-state index in [1.54, 1.807) is 12.1 Å². The summed E-state index contributed by atoms with van der Waals surface area (Å²) in [4.78, 5) is 11.3. The molecule has 0 aromatic heterocycles. The fourth-order valence-electron chi connectivity index (χ4n) is 1.88. The maximum absolute atomic E-state index is 11.3. The number of Topliss-reactive ketones (excluding diaryl/α,β-unsaturated/α-hetero) is 1. The van der Waals surface area contributed by atoms with Gasteiger partial charge in [0.25, 0.3) is 0 Å². The molecule has 0 radical (unpaired) electrons. The number of methoxy groups -OCH3 is 3. The zero-order valence-corrected chi connectivity index (χ0v) is 11.5. The lowest BCUT2D eigenvalue weighted by Gasteiger charge is -2.17. The first-order valence-electron chi connectivity index (χ1n) is 5.76. The molecule has 1 atom stereocenters. The standard InChI is InChI=1S/C14H17NO4/c1-9(16)5-10(8-15)14-12(18-3)6-11(17-2)7-13(14)19-4/h6-7,10H,5H2,1-4H3. The molecular weight excluding hydrogens is 246 g/mol. The molecule has 1 unspecified atom stereocenters. The van der Waals surface area contributed by atoms with Crippen LogP contribution in [0, 0.1) is 11.3 Å². The summed E-state index contributed by atoms with van der Waals surface area (Å²) >= 11 is 0. The lowest BCUT2D eigenvalue weighted by Crippen LogP contribution is -2.07. The van der Waals surface area contributed by atoms with Crippen molar-refractivity contribution in [2.45, 2.75) is 19.3 Å². The highest BCUT2D eigenvalue weighted by Gasteiger charge is 2.23. The molecule has 0 aliphatic heterocycles. The fourth-order valence-corrected chi connectivity index (χ4v) is 1.88. The van der Waals surface area contributed by atoms with Gasteiger partial charge in [-0.25, -0.2) is 0 Å². The molecule has 0 saturated heterocycles. The Morgan fingerprint density at radius 2 is 1.74 bits per heavy atom. The van der Waals surface area contributed by atoms with Crippen molar-refractivity contribution in [3.8, 4) is 23.3 Å². The highest BCUT2D eigenvalue weighted by atomic mass is 16.5. The average Bonchev–Trinajstić information content (AvgIpc) is 2.42. The molecule has 0 spiro atoms. The van der Waals surface area contributed by atoms with Crippen molar-refractivity contribution < 1.29 is 19.0 Å². The Balaban J connectivity index is 3.38. The summed E-state index contributed by atoms with van der Waals surface area (Å²) in [6.45, 7) is 1.45. The van der Waals surface area contributed by atoms with Gasteiger partial charge in [-0.15, -0.1) is 0 Å². The molecule has 0 saturated carbocycles. The van der Waals surface area contributed by atoms with Crippen molar-refractivity contribution >= 4 is 5.78 Å². The van der Waals surface area contributed by atoms with Gasteiger partial charge in [0.2, 0.25) is 0 Å². The number of hydrogen-bond donors (Lipinski definition) is 0. The zero-order chi connectivity index (χ0) is 14.4. The molecule has 1 aromatic carbocycles. The largest absolute Gasteiger partial charge is 0.496 e. The Morgan fingerprint density at radius 3 is 2.05 bits per heavy atom. The topological polar surface area (TPSA) is 68.5 Å². The third kappa shape index (κ3) is 3.38. The van der Waals surface area contributed by atoms with E-state index in [-0.39, 0.29) is 12.2 Å². The minimum atomic E-state index is -0.603. The van der Waals surface area contributed by atoms with Crippen molar-refractivity contribution in [1.29, 1.82) is 5.26 Å². The third-order valence-corrected chi connectivity index (χ3v) is 2.75. The number of nitrogens with zero attached hydrogens (tertiary/aromatic N) is 1. The van der Waals surface area contributed by atoms with Crippen LogP contribution in [0.4, 0.5) is 0 Å². The van der Waals surface area contributed by atoms with Crippen LogP contribution in [0.2, 0.25) is 0 Å². The van der Waals surface area contributed by atoms with Crippen LogP contribution in [0.25, 0.3) is 0 Å². The Morgan fingerprint density at radius 1 is 1.21 bits per heavy atom. The van der Waals surface area contributed by atoms with Gasteiger partial charge in [-0.05, 0) is 6.92 Å². The molecule has 1 rings (SSSR count). The Kier molecular flexibility index (Phi) is 5.19. The van der Waals surface area contributed by atoms with Crippen molar-refractivity contribution in [2.75, 3.05) is 21.3 Å². The number of rotatable bonds is 6. The van der Waals surface area contributed by atoms with Gasteiger partial charge in [0.15, 0.2) is 0 Å². The molecule has 0 amide bonds. The first kappa shape index (κ1) is 14.8. The number of benzene rings is 1. The van der Waals surface area contributed by atoms with Crippen molar-refractivity contribution in [3.05, 3.63) is 17.7 Å². The Bertz CT molecular complexity index is 480. The number of hydrogen-bond acceptors (Lipinski definition) is 5. The normalized spacial score (nSPS) is 11.3. The summed E-state index contributed by atoms with van der Waals surface area (Å²) < 4.78 is 15.7. The van der Waals surface area contributed by atoms with E-state index in [1.807, 2.05) is 0 Å². The van der Waals surface area contributed by atoms with Crippen LogP contribution in [0.1, 0.15) is 24.8 Å². The monoisotopic (exact) mass is 263 g/mol. The maximum atomic E-state index is 11.3. The second-order valence-electron chi connectivity index (χ2n) is 4.03. The van der Waals surface area contributed by atoms with Gasteiger partial charge in [0, 0.05) is 18.6 Å². The smallest absolute Gasteiger partial charge is 0.131 e. The van der Waals surface area contributed by atoms with Gasteiger partial charge in [-0.3, -0.25) is 4.79 Å². The van der Waals surface area contributed by atoms with E-state index in [0.717, 1.165) is 0 Å². The summed E-state index contributed by atoms with van der Waals surface area (Å²) in [6.07, 6.45) is 0.121. The van der Waals surface area contributed by atoms with E-state index in [1.165, 1.54) is 28.3 Å². The fraction of sp³-hybridized carbons (Fsp3) is 0.429. The van der Waals surface area contributed by atoms with Gasteiger partial charge >= 0.3 is 0 Å². The molecule has 1 aromatic rings. The molecule has 0 heterocycles. The molecule has 5 heteroatoms. The van der Waals surface area contributed by atoms with Gasteiger partial charge in [-0.2, -0.15) is 5.26 Å². The van der Waals surface area contributed by atoms with Crippen molar-refractivity contribution in [2.24, 2.45) is 0 Å². The summed E-state index contributed by atoms with van der Waals surface area (Å²) in [7, 11) is 4.53. The van der Waals surface area contributed by atoms with Crippen LogP contribution in [0.3, 0.4) is 0 Å². The lowest BCUT2D eigenvalue weighted by molar-refractivity contribution is -0.117. The number of ether oxygens (including phenoxy) is 3. The van der Waals surface area contributed by atoms with E-state index in [4.69, 9.17) is 14.2 Å². The molecular formula is C14H17NO4. The van der Waals surface area contributed by atoms with Crippen LogP contribution >= 0.6 is 0 Å². The van der Waals surface area contributed by atoms with E-state index < -0.39 is 5.92 Å². The first-order chi connectivity index (χ1) is 9.07. The van der Waals surface area contributed by atoms with E-state index in [0.29, 0.717) is 22.8 Å². The van der Waals surface area contributed by atoms with Crippen LogP contribution in [0.5, 0.6) is 17.2 Å². The molecule has 0 aliphatic carbocycles. The molecule has 0 fully saturated rings. The molecule has 5 nitrogen and oxygen atoms in total. The summed E-state index contributed by atoms with van der Waals surface area (Å²) in [6, 6.07) is 5.45. The van der Waals surface area contributed by atoms with Crippen LogP contribution < -0.4 is 14.2 Å². The van der Waals surface area contributed by atoms with Crippen LogP contribution in [0.15, 0.2) is 12.1 Å². The minimum absolute atomic E-state index is 0.0634. The predicted octanol–water partition coefficient (Wildman–Crippen LogP) is 2.30. The number of ketones is 1.